The second-order valence-electron chi connectivity index (χ2n) is 8.02. The molecule has 162 valence electrons. The molecule has 1 heterocycles. The summed E-state index contributed by atoms with van der Waals surface area (Å²) in [5.41, 5.74) is 8.62. The van der Waals surface area contributed by atoms with Gasteiger partial charge in [0.1, 0.15) is 18.4 Å². The number of fused-ring (bicyclic) bond motifs is 1. The molecule has 30 heavy (non-hydrogen) atoms. The Morgan fingerprint density at radius 2 is 2.07 bits per heavy atom. The summed E-state index contributed by atoms with van der Waals surface area (Å²) >= 11 is 0. The van der Waals surface area contributed by atoms with Crippen LogP contribution in [0.3, 0.4) is 0 Å². The van der Waals surface area contributed by atoms with Gasteiger partial charge in [0.2, 0.25) is 0 Å². The Bertz CT molecular complexity index is 886. The Morgan fingerprint density at radius 1 is 1.30 bits per heavy atom. The smallest absolute Gasteiger partial charge is 0.145 e. The van der Waals surface area contributed by atoms with E-state index in [1.165, 1.54) is 12.8 Å². The molecular formula is C23H34N6O. The van der Waals surface area contributed by atoms with Gasteiger partial charge in [0.05, 0.1) is 5.52 Å². The van der Waals surface area contributed by atoms with Crippen molar-refractivity contribution in [2.45, 2.75) is 57.8 Å². The first-order chi connectivity index (χ1) is 14.5. The number of ether oxygens (including phenoxy) is 1. The molecule has 0 amide bonds. The zero-order valence-electron chi connectivity index (χ0n) is 18.5. The van der Waals surface area contributed by atoms with Crippen LogP contribution in [-0.4, -0.2) is 60.1 Å². The molecule has 1 fully saturated rings. The van der Waals surface area contributed by atoms with E-state index in [9.17, 15) is 0 Å². The number of benzene rings is 1. The molecule has 1 aromatic heterocycles. The van der Waals surface area contributed by atoms with Crippen molar-refractivity contribution < 1.29 is 4.74 Å². The van der Waals surface area contributed by atoms with Crippen molar-refractivity contribution in [3.05, 3.63) is 36.3 Å². The lowest BCUT2D eigenvalue weighted by molar-refractivity contribution is 0.0836. The summed E-state index contributed by atoms with van der Waals surface area (Å²) in [6.45, 7) is 4.49. The van der Waals surface area contributed by atoms with Gasteiger partial charge < -0.3 is 20.7 Å². The predicted octanol–water partition coefficient (Wildman–Crippen LogP) is 3.67. The second kappa shape index (κ2) is 10.5. The normalized spacial score (nSPS) is 21.4. The molecule has 1 aromatic carbocycles. The summed E-state index contributed by atoms with van der Waals surface area (Å²) in [5.74, 6) is 0.881. The Hall–Kier alpha value is -2.51. The maximum atomic E-state index is 5.89. The van der Waals surface area contributed by atoms with Gasteiger partial charge in [-0.05, 0) is 71.3 Å². The number of hydrogen-bond acceptors (Lipinski definition) is 7. The predicted molar refractivity (Wildman–Crippen MR) is 125 cm³/mol. The zero-order valence-corrected chi connectivity index (χ0v) is 18.5. The van der Waals surface area contributed by atoms with Crippen LogP contribution in [0.1, 0.15) is 45.1 Å². The third-order valence-electron chi connectivity index (χ3n) is 5.75. The number of anilines is 1. The first kappa shape index (κ1) is 22.2. The molecular weight excluding hydrogens is 376 g/mol. The third kappa shape index (κ3) is 5.55. The van der Waals surface area contributed by atoms with Gasteiger partial charge in [-0.2, -0.15) is 0 Å². The lowest BCUT2D eigenvalue weighted by atomic mass is 9.90. The van der Waals surface area contributed by atoms with Crippen molar-refractivity contribution in [3.63, 3.8) is 0 Å². The molecule has 3 rings (SSSR count). The maximum Gasteiger partial charge on any atom is 0.145 e. The fourth-order valence-corrected chi connectivity index (χ4v) is 3.96. The van der Waals surface area contributed by atoms with Crippen LogP contribution in [-0.2, 0) is 4.74 Å². The van der Waals surface area contributed by atoms with Crippen molar-refractivity contribution in [1.29, 1.82) is 0 Å². The van der Waals surface area contributed by atoms with Crippen molar-refractivity contribution >= 4 is 28.5 Å². The van der Waals surface area contributed by atoms with E-state index >= 15 is 0 Å². The monoisotopic (exact) mass is 410 g/mol. The molecule has 3 N–H and O–H groups in total. The number of nitrogens with zero attached hydrogens (tertiary/aromatic N) is 4. The molecule has 1 unspecified atom stereocenters. The molecule has 0 radical (unpaired) electrons. The van der Waals surface area contributed by atoms with E-state index in [0.717, 1.165) is 40.7 Å². The summed E-state index contributed by atoms with van der Waals surface area (Å²) in [7, 11) is 4.33. The van der Waals surface area contributed by atoms with E-state index in [4.69, 9.17) is 10.5 Å². The van der Waals surface area contributed by atoms with Gasteiger partial charge in [-0.25, -0.2) is 9.97 Å². The van der Waals surface area contributed by atoms with Crippen LogP contribution in [0.4, 0.5) is 5.82 Å². The van der Waals surface area contributed by atoms with Gasteiger partial charge in [-0.15, -0.1) is 0 Å². The maximum absolute atomic E-state index is 5.89. The number of aromatic nitrogens is 2. The van der Waals surface area contributed by atoms with E-state index < -0.39 is 0 Å². The summed E-state index contributed by atoms with van der Waals surface area (Å²) in [4.78, 5) is 15.7. The average Bonchev–Trinajstić information content (AvgIpc) is 2.75. The van der Waals surface area contributed by atoms with Crippen LogP contribution in [0, 0.1) is 0 Å². The van der Waals surface area contributed by atoms with Gasteiger partial charge in [0, 0.05) is 42.1 Å². The van der Waals surface area contributed by atoms with Gasteiger partial charge in [0.15, 0.2) is 0 Å². The minimum Gasteiger partial charge on any atom is -0.404 e. The molecule has 7 nitrogen and oxygen atoms in total. The van der Waals surface area contributed by atoms with E-state index in [1.807, 2.05) is 26.0 Å². The molecule has 0 saturated heterocycles. The third-order valence-corrected chi connectivity index (χ3v) is 5.75. The lowest BCUT2D eigenvalue weighted by Crippen LogP contribution is -2.36. The minimum absolute atomic E-state index is 0.205. The molecule has 2 aromatic rings. The Kier molecular flexibility index (Phi) is 7.76. The highest BCUT2D eigenvalue weighted by Crippen LogP contribution is 2.28. The fourth-order valence-electron chi connectivity index (χ4n) is 3.96. The molecule has 0 bridgehead atoms. The highest BCUT2D eigenvalue weighted by Gasteiger charge is 2.23. The molecule has 1 atom stereocenters. The number of hydrogen-bond donors (Lipinski definition) is 2. The Balaban J connectivity index is 1.80. The average molecular weight is 411 g/mol. The second-order valence-corrected chi connectivity index (χ2v) is 8.02. The van der Waals surface area contributed by atoms with Crippen molar-refractivity contribution in [3.8, 4) is 0 Å². The summed E-state index contributed by atoms with van der Waals surface area (Å²) in [6, 6.07) is 7.20. The molecule has 1 aliphatic rings. The Morgan fingerprint density at radius 3 is 2.73 bits per heavy atom. The first-order valence-corrected chi connectivity index (χ1v) is 10.8. The largest absolute Gasteiger partial charge is 0.404 e. The fraction of sp³-hybridized carbons (Fsp3) is 0.522. The summed E-state index contributed by atoms with van der Waals surface area (Å²) < 4.78 is 5.47. The van der Waals surface area contributed by atoms with E-state index in [0.29, 0.717) is 18.7 Å². The first-order valence-electron chi connectivity index (χ1n) is 10.8. The summed E-state index contributed by atoms with van der Waals surface area (Å²) in [5, 5.41) is 4.66. The van der Waals surface area contributed by atoms with Crippen LogP contribution in [0.25, 0.3) is 16.5 Å². The van der Waals surface area contributed by atoms with E-state index in [1.54, 1.807) is 18.7 Å². The topological polar surface area (TPSA) is 88.7 Å². The van der Waals surface area contributed by atoms with Gasteiger partial charge in [-0.1, -0.05) is 6.07 Å². The zero-order chi connectivity index (χ0) is 21.5. The van der Waals surface area contributed by atoms with Crippen LogP contribution >= 0.6 is 0 Å². The molecule has 7 heteroatoms. The van der Waals surface area contributed by atoms with Crippen molar-refractivity contribution in [2.24, 2.45) is 10.7 Å². The number of nitrogens with one attached hydrogen (secondary N) is 1. The quantitative estimate of drug-likeness (QED) is 0.646. The van der Waals surface area contributed by atoms with E-state index in [-0.39, 0.29) is 6.23 Å². The Labute approximate surface area is 179 Å². The molecule has 0 spiro atoms. The lowest BCUT2D eigenvalue weighted by Gasteiger charge is -2.33. The van der Waals surface area contributed by atoms with Crippen molar-refractivity contribution in [2.75, 3.05) is 26.0 Å². The highest BCUT2D eigenvalue weighted by atomic mass is 16.5. The standard InChI is InChI=1S/C23H34N6O/c1-5-30-16(2)25-14-18(13-24)17-6-11-22-21(12-17)23(27-15-26-22)28-19-7-9-20(10-8-19)29(3)4/h6,11-16,19-20H,5,7-10,24H2,1-4H3,(H,26,27,28). The SMILES string of the molecule is CCOC(C)N=CC(=CN)c1ccc2ncnc(NC3CCC(N(C)C)CC3)c2c1. The van der Waals surface area contributed by atoms with Crippen LogP contribution < -0.4 is 11.1 Å². The number of allylic oxidation sites excluding steroid dienone is 1. The number of rotatable bonds is 8. The van der Waals surface area contributed by atoms with E-state index in [2.05, 4.69) is 45.3 Å². The van der Waals surface area contributed by atoms with Gasteiger partial charge in [-0.3, -0.25) is 4.99 Å². The van der Waals surface area contributed by atoms with Crippen LogP contribution in [0.5, 0.6) is 0 Å². The highest BCUT2D eigenvalue weighted by molar-refractivity contribution is 6.11. The van der Waals surface area contributed by atoms with Crippen LogP contribution in [0.2, 0.25) is 0 Å². The molecule has 1 aliphatic carbocycles. The number of nitrogens with two attached hydrogens (primary N) is 1. The molecule has 1 saturated carbocycles. The van der Waals surface area contributed by atoms with Gasteiger partial charge in [0.25, 0.3) is 0 Å². The number of aliphatic imine (C=N–C) groups is 1. The van der Waals surface area contributed by atoms with Crippen LogP contribution in [0.15, 0.2) is 35.7 Å². The summed E-state index contributed by atoms with van der Waals surface area (Å²) in [6.07, 6.45) is 9.45. The molecule has 0 aliphatic heterocycles. The minimum atomic E-state index is -0.205. The van der Waals surface area contributed by atoms with Crippen molar-refractivity contribution in [1.82, 2.24) is 14.9 Å². The van der Waals surface area contributed by atoms with Gasteiger partial charge >= 0.3 is 0 Å².